The van der Waals surface area contributed by atoms with E-state index in [1.165, 1.54) is 11.8 Å². The Kier molecular flexibility index (Phi) is 6.01. The second-order valence-electron chi connectivity index (χ2n) is 5.78. The number of thioether (sulfide) groups is 1. The van der Waals surface area contributed by atoms with Crippen molar-refractivity contribution in [3.05, 3.63) is 70.6 Å². The van der Waals surface area contributed by atoms with Gasteiger partial charge in [-0.2, -0.15) is 0 Å². The summed E-state index contributed by atoms with van der Waals surface area (Å²) in [6, 6.07) is 7.61. The molecule has 1 aliphatic heterocycles. The lowest BCUT2D eigenvalue weighted by molar-refractivity contribution is -0.124. The Morgan fingerprint density at radius 3 is 2.81 bits per heavy atom. The summed E-state index contributed by atoms with van der Waals surface area (Å²) in [7, 11) is 1.77. The summed E-state index contributed by atoms with van der Waals surface area (Å²) in [4.78, 5) is 19.5. The van der Waals surface area contributed by atoms with Gasteiger partial charge < -0.3 is 9.64 Å². The van der Waals surface area contributed by atoms with Crippen LogP contribution in [0.5, 0.6) is 5.75 Å². The third-order valence-corrected chi connectivity index (χ3v) is 5.32. The SMILES string of the molecule is C=CCOc1ccc(C=C2SC(N=C3C=CC(Cl)=CC3)N(C)C2=O)cc1. The third kappa shape index (κ3) is 4.48. The van der Waals surface area contributed by atoms with E-state index < -0.39 is 0 Å². The van der Waals surface area contributed by atoms with E-state index in [9.17, 15) is 4.79 Å². The highest BCUT2D eigenvalue weighted by Crippen LogP contribution is 2.36. The Bertz CT molecular complexity index is 825. The minimum absolute atomic E-state index is 0.0234. The van der Waals surface area contributed by atoms with Gasteiger partial charge in [0.15, 0.2) is 5.50 Å². The van der Waals surface area contributed by atoms with Crippen LogP contribution in [0.4, 0.5) is 0 Å². The Hall–Kier alpha value is -2.24. The monoisotopic (exact) mass is 386 g/mol. The quantitative estimate of drug-likeness (QED) is 0.548. The second-order valence-corrected chi connectivity index (χ2v) is 7.32. The Balaban J connectivity index is 1.72. The number of carbonyl (C=O) groups excluding carboxylic acids is 1. The summed E-state index contributed by atoms with van der Waals surface area (Å²) in [5.41, 5.74) is 1.60. The van der Waals surface area contributed by atoms with Gasteiger partial charge in [-0.25, -0.2) is 0 Å². The highest BCUT2D eigenvalue weighted by Gasteiger charge is 2.33. The smallest absolute Gasteiger partial charge is 0.262 e. The van der Waals surface area contributed by atoms with Crippen LogP contribution in [0, 0.1) is 0 Å². The molecule has 134 valence electrons. The van der Waals surface area contributed by atoms with Gasteiger partial charge in [0.2, 0.25) is 0 Å². The van der Waals surface area contributed by atoms with Crippen LogP contribution in [0.1, 0.15) is 12.0 Å². The molecule has 1 aromatic carbocycles. The number of carbonyl (C=O) groups is 1. The zero-order valence-electron chi connectivity index (χ0n) is 14.4. The topological polar surface area (TPSA) is 41.9 Å². The first-order valence-corrected chi connectivity index (χ1v) is 9.42. The van der Waals surface area contributed by atoms with Crippen LogP contribution in [-0.2, 0) is 4.79 Å². The van der Waals surface area contributed by atoms with Crippen LogP contribution in [-0.4, -0.2) is 35.7 Å². The van der Waals surface area contributed by atoms with E-state index in [-0.39, 0.29) is 11.4 Å². The molecule has 2 aliphatic rings. The molecule has 4 nitrogen and oxygen atoms in total. The van der Waals surface area contributed by atoms with Gasteiger partial charge in [-0.3, -0.25) is 9.79 Å². The number of nitrogens with zero attached hydrogens (tertiary/aromatic N) is 2. The molecule has 0 saturated carbocycles. The predicted octanol–water partition coefficient (Wildman–Crippen LogP) is 4.60. The normalized spacial score (nSPS) is 22.8. The average Bonchev–Trinajstić information content (AvgIpc) is 2.91. The van der Waals surface area contributed by atoms with Gasteiger partial charge in [0.1, 0.15) is 12.4 Å². The van der Waals surface area contributed by atoms with Crippen molar-refractivity contribution in [2.24, 2.45) is 4.99 Å². The van der Waals surface area contributed by atoms with Gasteiger partial charge in [-0.05, 0) is 35.9 Å². The maximum Gasteiger partial charge on any atom is 0.262 e. The van der Waals surface area contributed by atoms with Crippen LogP contribution in [0.15, 0.2) is 70.1 Å². The van der Waals surface area contributed by atoms with E-state index in [1.54, 1.807) is 18.0 Å². The number of hydrogen-bond acceptors (Lipinski definition) is 4. The zero-order chi connectivity index (χ0) is 18.5. The number of allylic oxidation sites excluding steroid dienone is 4. The molecule has 6 heteroatoms. The van der Waals surface area contributed by atoms with Crippen molar-refractivity contribution >= 4 is 41.1 Å². The van der Waals surface area contributed by atoms with Crippen molar-refractivity contribution < 1.29 is 9.53 Å². The molecule has 0 radical (unpaired) electrons. The largest absolute Gasteiger partial charge is 0.490 e. The Morgan fingerprint density at radius 2 is 2.15 bits per heavy atom. The molecule has 1 atom stereocenters. The van der Waals surface area contributed by atoms with Crippen LogP contribution >= 0.6 is 23.4 Å². The van der Waals surface area contributed by atoms with E-state index in [0.717, 1.165) is 17.0 Å². The van der Waals surface area contributed by atoms with Crippen LogP contribution in [0.25, 0.3) is 6.08 Å². The van der Waals surface area contributed by atoms with E-state index in [2.05, 4.69) is 11.6 Å². The number of rotatable bonds is 5. The summed E-state index contributed by atoms with van der Waals surface area (Å²) in [6.45, 7) is 4.09. The maximum absolute atomic E-state index is 12.5. The fraction of sp³-hybridized carbons (Fsp3) is 0.200. The standard InChI is InChI=1S/C20H19ClN2O2S/c1-3-12-25-17-10-4-14(5-11-17)13-18-19(24)23(2)20(26-18)22-16-8-6-15(21)7-9-16/h3-8,10-11,13,20H,1,9,12H2,2H3. The number of ether oxygens (including phenoxy) is 1. The van der Waals surface area contributed by atoms with Crippen molar-refractivity contribution in [2.45, 2.75) is 11.9 Å². The number of halogens is 1. The molecule has 1 saturated heterocycles. The van der Waals surface area contributed by atoms with E-state index in [4.69, 9.17) is 16.3 Å². The van der Waals surface area contributed by atoms with E-state index in [1.807, 2.05) is 48.6 Å². The molecular weight excluding hydrogens is 368 g/mol. The number of benzene rings is 1. The Labute approximate surface area is 162 Å². The van der Waals surface area contributed by atoms with E-state index >= 15 is 0 Å². The molecule has 1 heterocycles. The highest BCUT2D eigenvalue weighted by atomic mass is 35.5. The minimum atomic E-state index is -0.256. The van der Waals surface area contributed by atoms with Gasteiger partial charge >= 0.3 is 0 Å². The van der Waals surface area contributed by atoms with E-state index in [0.29, 0.717) is 23.0 Å². The number of likely N-dealkylation sites (N-methyl/N-ethyl adjacent to an activating group) is 1. The third-order valence-electron chi connectivity index (χ3n) is 3.86. The number of aliphatic imine (C=N–C) groups is 1. The first-order valence-electron chi connectivity index (χ1n) is 8.16. The molecule has 0 bridgehead atoms. The lowest BCUT2D eigenvalue weighted by atomic mass is 10.1. The van der Waals surface area contributed by atoms with Crippen LogP contribution in [0.2, 0.25) is 0 Å². The van der Waals surface area contributed by atoms with Crippen LogP contribution < -0.4 is 4.74 Å². The molecule has 1 aliphatic carbocycles. The Morgan fingerprint density at radius 1 is 1.38 bits per heavy atom. The van der Waals surface area contributed by atoms with Gasteiger partial charge in [0.05, 0.1) is 4.91 Å². The summed E-state index contributed by atoms with van der Waals surface area (Å²) in [5, 5.41) is 0.716. The average molecular weight is 387 g/mol. The van der Waals surface area contributed by atoms with Gasteiger partial charge in [-0.1, -0.05) is 54.2 Å². The van der Waals surface area contributed by atoms with Crippen molar-refractivity contribution in [2.75, 3.05) is 13.7 Å². The van der Waals surface area contributed by atoms with Gasteiger partial charge in [0, 0.05) is 24.2 Å². The maximum atomic E-state index is 12.5. The first kappa shape index (κ1) is 18.5. The molecule has 0 N–H and O–H groups in total. The molecule has 3 rings (SSSR count). The van der Waals surface area contributed by atoms with Crippen molar-refractivity contribution in [3.8, 4) is 5.75 Å². The zero-order valence-corrected chi connectivity index (χ0v) is 16.0. The summed E-state index contributed by atoms with van der Waals surface area (Å²) in [5.74, 6) is 0.749. The summed E-state index contributed by atoms with van der Waals surface area (Å²) < 4.78 is 5.47. The van der Waals surface area contributed by atoms with Gasteiger partial charge in [-0.15, -0.1) is 0 Å². The lowest BCUT2D eigenvalue weighted by Gasteiger charge is -2.15. The van der Waals surface area contributed by atoms with Crippen molar-refractivity contribution in [1.82, 2.24) is 4.90 Å². The molecule has 1 amide bonds. The van der Waals surface area contributed by atoms with Crippen molar-refractivity contribution in [3.63, 3.8) is 0 Å². The first-order chi connectivity index (χ1) is 12.6. The lowest BCUT2D eigenvalue weighted by Crippen LogP contribution is -2.27. The molecule has 26 heavy (non-hydrogen) atoms. The molecule has 1 unspecified atom stereocenters. The minimum Gasteiger partial charge on any atom is -0.490 e. The van der Waals surface area contributed by atoms with Gasteiger partial charge in [0.25, 0.3) is 5.91 Å². The summed E-state index contributed by atoms with van der Waals surface area (Å²) in [6.07, 6.45) is 9.89. The fourth-order valence-electron chi connectivity index (χ4n) is 2.44. The predicted molar refractivity (Wildman–Crippen MR) is 109 cm³/mol. The highest BCUT2D eigenvalue weighted by molar-refractivity contribution is 8.05. The molecule has 0 spiro atoms. The molecule has 1 aromatic rings. The molecular formula is C20H19ClN2O2S. The van der Waals surface area contributed by atoms with Crippen LogP contribution in [0.3, 0.4) is 0 Å². The van der Waals surface area contributed by atoms with Crippen molar-refractivity contribution in [1.29, 1.82) is 0 Å². The summed E-state index contributed by atoms with van der Waals surface area (Å²) >= 11 is 7.38. The number of amides is 1. The fourth-order valence-corrected chi connectivity index (χ4v) is 3.70. The number of hydrogen-bond donors (Lipinski definition) is 0. The molecule has 1 fully saturated rings. The molecule has 0 aromatic heterocycles. The second kappa shape index (κ2) is 8.43.